The van der Waals surface area contributed by atoms with Gasteiger partial charge in [0.2, 0.25) is 5.91 Å². The first-order valence-corrected chi connectivity index (χ1v) is 16.2. The van der Waals surface area contributed by atoms with E-state index in [0.29, 0.717) is 35.4 Å². The van der Waals surface area contributed by atoms with Crippen molar-refractivity contribution < 1.29 is 33.1 Å². The predicted molar refractivity (Wildman–Crippen MR) is 173 cm³/mol. The van der Waals surface area contributed by atoms with Gasteiger partial charge < -0.3 is 25.4 Å². The summed E-state index contributed by atoms with van der Waals surface area (Å²) in [7, 11) is 2.08. The maximum atomic E-state index is 14.0. The Hall–Kier alpha value is -4.28. The van der Waals surface area contributed by atoms with Crippen LogP contribution in [-0.4, -0.2) is 64.6 Å². The summed E-state index contributed by atoms with van der Waals surface area (Å²) in [5.74, 6) is -0.590. The van der Waals surface area contributed by atoms with Crippen LogP contribution >= 0.6 is 0 Å². The molecule has 3 atom stereocenters. The number of likely N-dealkylation sites (N-methyl/N-ethyl adjacent to an activating group) is 1. The molecule has 3 amide bonds. The predicted octanol–water partition coefficient (Wildman–Crippen LogP) is 5.76. The lowest BCUT2D eigenvalue weighted by Crippen LogP contribution is -2.62. The largest absolute Gasteiger partial charge is 0.508 e. The second-order valence-electron chi connectivity index (χ2n) is 13.0. The molecule has 0 spiro atoms. The zero-order chi connectivity index (χ0) is 32.7. The van der Waals surface area contributed by atoms with E-state index in [0.717, 1.165) is 56.2 Å². The van der Waals surface area contributed by atoms with Gasteiger partial charge in [0, 0.05) is 11.3 Å². The Kier molecular flexibility index (Phi) is 10.7. The molecule has 1 heterocycles. The van der Waals surface area contributed by atoms with Gasteiger partial charge in [-0.3, -0.25) is 14.5 Å². The minimum Gasteiger partial charge on any atom is -0.508 e. The average molecular weight is 632 g/mol. The highest BCUT2D eigenvalue weighted by Crippen LogP contribution is 2.28. The van der Waals surface area contributed by atoms with Gasteiger partial charge in [0.25, 0.3) is 0 Å². The van der Waals surface area contributed by atoms with E-state index in [-0.39, 0.29) is 29.9 Å². The van der Waals surface area contributed by atoms with Gasteiger partial charge in [-0.05, 0) is 86.2 Å². The number of urea groups is 1. The molecule has 46 heavy (non-hydrogen) atoms. The van der Waals surface area contributed by atoms with Crippen LogP contribution in [0.4, 0.5) is 14.9 Å². The van der Waals surface area contributed by atoms with Crippen molar-refractivity contribution in [1.82, 2.24) is 4.90 Å². The fraction of sp³-hybridized carbons (Fsp3) is 0.417. The van der Waals surface area contributed by atoms with Crippen LogP contribution in [0.15, 0.2) is 72.8 Å². The quantitative estimate of drug-likeness (QED) is 0.157. The number of phenols is 1. The Labute approximate surface area is 269 Å². The highest BCUT2D eigenvalue weighted by molar-refractivity contribution is 6.03. The molecule has 3 aromatic carbocycles. The van der Waals surface area contributed by atoms with E-state index in [9.17, 15) is 23.9 Å². The number of anilines is 1. The summed E-state index contributed by atoms with van der Waals surface area (Å²) >= 11 is 0. The molecule has 1 aliphatic carbocycles. The van der Waals surface area contributed by atoms with E-state index in [1.807, 2.05) is 0 Å². The molecule has 2 fully saturated rings. The molecule has 10 heteroatoms. The van der Waals surface area contributed by atoms with E-state index < -0.39 is 24.0 Å². The Morgan fingerprint density at radius 2 is 1.59 bits per heavy atom. The van der Waals surface area contributed by atoms with Gasteiger partial charge in [0.15, 0.2) is 0 Å². The minimum atomic E-state index is -0.991. The number of rotatable bonds is 9. The smallest absolute Gasteiger partial charge is 0.329 e. The second-order valence-corrected chi connectivity index (χ2v) is 13.0. The number of nitrogens with one attached hydrogen (secondary N) is 1. The van der Waals surface area contributed by atoms with Gasteiger partial charge in [-0.1, -0.05) is 43.5 Å². The molecule has 2 aliphatic rings. The van der Waals surface area contributed by atoms with E-state index in [1.165, 1.54) is 29.2 Å². The molecule has 5 rings (SSSR count). The minimum absolute atomic E-state index is 0.0823. The van der Waals surface area contributed by atoms with Crippen molar-refractivity contribution in [3.05, 3.63) is 89.7 Å². The first kappa shape index (κ1) is 33.1. The molecule has 1 saturated heterocycles. The average Bonchev–Trinajstić information content (AvgIpc) is 3.04. The van der Waals surface area contributed by atoms with Crippen molar-refractivity contribution in [2.45, 2.75) is 70.0 Å². The van der Waals surface area contributed by atoms with E-state index in [2.05, 4.69) is 12.4 Å². The number of phenolic OH excluding ortho intramolecular Hbond substituents is 1. The number of hydrogen-bond donors (Lipinski definition) is 3. The van der Waals surface area contributed by atoms with Gasteiger partial charge in [-0.15, -0.1) is 0 Å². The van der Waals surface area contributed by atoms with Crippen molar-refractivity contribution in [2.24, 2.45) is 11.7 Å². The number of likely N-dealkylation sites (tertiary alicyclic amines) is 1. The molecule has 1 aliphatic heterocycles. The number of piperidine rings is 1. The Bertz CT molecular complexity index is 1490. The van der Waals surface area contributed by atoms with Gasteiger partial charge in [-0.2, -0.15) is 0 Å². The van der Waals surface area contributed by atoms with Crippen LogP contribution in [0.5, 0.6) is 11.5 Å². The monoisotopic (exact) mass is 631 g/mol. The molecule has 0 bridgehead atoms. The van der Waals surface area contributed by atoms with Crippen LogP contribution in [0, 0.1) is 11.7 Å². The van der Waals surface area contributed by atoms with Gasteiger partial charge in [0.05, 0.1) is 31.6 Å². The maximum absolute atomic E-state index is 14.0. The van der Waals surface area contributed by atoms with Crippen molar-refractivity contribution in [3.8, 4) is 11.5 Å². The summed E-state index contributed by atoms with van der Waals surface area (Å²) < 4.78 is 19.7. The third-order valence-electron chi connectivity index (χ3n) is 9.16. The van der Waals surface area contributed by atoms with Crippen molar-refractivity contribution in [3.63, 3.8) is 0 Å². The second kappa shape index (κ2) is 14.9. The van der Waals surface area contributed by atoms with Crippen LogP contribution in [0.1, 0.15) is 56.1 Å². The zero-order valence-corrected chi connectivity index (χ0v) is 26.4. The van der Waals surface area contributed by atoms with Gasteiger partial charge in [-0.25, -0.2) is 9.18 Å². The highest BCUT2D eigenvalue weighted by atomic mass is 19.1. The van der Waals surface area contributed by atoms with Crippen LogP contribution in [-0.2, 0) is 22.6 Å². The number of carbonyl (C=O) groups is 3. The SMILES string of the molecule is C[N+]1(Cc2ccc(F)cc2)CCC[C@H](N(C(=O)Nc2ccc(OC(=O)C3CCCCC3)cc2)C(=O)[C@@H](N)Cc2ccc(O)cc2)C1. The van der Waals surface area contributed by atoms with E-state index >= 15 is 0 Å². The number of amides is 3. The van der Waals surface area contributed by atoms with Gasteiger partial charge >= 0.3 is 12.0 Å². The lowest BCUT2D eigenvalue weighted by atomic mass is 9.89. The Balaban J connectivity index is 1.31. The van der Waals surface area contributed by atoms with Crippen LogP contribution < -0.4 is 15.8 Å². The summed E-state index contributed by atoms with van der Waals surface area (Å²) in [5, 5.41) is 12.5. The number of nitrogens with zero attached hydrogens (tertiary/aromatic N) is 2. The lowest BCUT2D eigenvalue weighted by Gasteiger charge is -2.44. The van der Waals surface area contributed by atoms with Crippen molar-refractivity contribution in [2.75, 3.05) is 25.5 Å². The molecule has 244 valence electrons. The standard InChI is InChI=1S/C36H43FN4O5/c1-41(23-26-9-13-28(37)14-10-26)21-5-8-30(24-41)40(34(43)33(38)22-25-11-17-31(42)18-12-25)36(45)39-29-15-19-32(20-16-29)46-35(44)27-6-3-2-4-7-27/h9-20,27,30,33H,2-8,21-24,38H2,1H3,(H-,39,42,45)/p+1/t30-,33-,41?/m0/s1. The molecule has 1 saturated carbocycles. The fourth-order valence-electron chi connectivity index (χ4n) is 6.71. The summed E-state index contributed by atoms with van der Waals surface area (Å²) in [6.07, 6.45) is 6.49. The number of carbonyl (C=O) groups excluding carboxylic acids is 3. The Morgan fingerprint density at radius 1 is 0.935 bits per heavy atom. The number of nitrogens with two attached hydrogens (primary N) is 1. The number of ether oxygens (including phenoxy) is 1. The Morgan fingerprint density at radius 3 is 2.26 bits per heavy atom. The highest BCUT2D eigenvalue weighted by Gasteiger charge is 2.41. The number of hydrogen-bond acceptors (Lipinski definition) is 6. The molecule has 0 aromatic heterocycles. The first-order valence-electron chi connectivity index (χ1n) is 16.2. The number of imide groups is 1. The van der Waals surface area contributed by atoms with E-state index in [1.54, 1.807) is 48.5 Å². The molecule has 9 nitrogen and oxygen atoms in total. The third kappa shape index (κ3) is 8.70. The zero-order valence-electron chi connectivity index (χ0n) is 26.4. The fourth-order valence-corrected chi connectivity index (χ4v) is 6.71. The number of quaternary nitrogens is 1. The summed E-state index contributed by atoms with van der Waals surface area (Å²) in [6.45, 7) is 1.98. The van der Waals surface area contributed by atoms with Crippen molar-refractivity contribution >= 4 is 23.6 Å². The molecule has 3 aromatic rings. The number of esters is 1. The normalized spacial score (nSPS) is 20.8. The summed E-state index contributed by atoms with van der Waals surface area (Å²) in [5.41, 5.74) is 8.62. The molecule has 1 unspecified atom stereocenters. The summed E-state index contributed by atoms with van der Waals surface area (Å²) in [4.78, 5) is 41.7. The first-order chi connectivity index (χ1) is 22.1. The van der Waals surface area contributed by atoms with E-state index in [4.69, 9.17) is 10.5 Å². The topological polar surface area (TPSA) is 122 Å². The number of benzene rings is 3. The molecular formula is C36H44FN4O5+. The summed E-state index contributed by atoms with van der Waals surface area (Å²) in [6, 6.07) is 17.5. The molecule has 4 N–H and O–H groups in total. The van der Waals surface area contributed by atoms with Crippen molar-refractivity contribution in [1.29, 1.82) is 0 Å². The third-order valence-corrected chi connectivity index (χ3v) is 9.16. The van der Waals surface area contributed by atoms with Gasteiger partial charge in [0.1, 0.15) is 30.4 Å². The molecular weight excluding hydrogens is 587 g/mol. The maximum Gasteiger partial charge on any atom is 0.329 e. The van der Waals surface area contributed by atoms with Crippen LogP contribution in [0.2, 0.25) is 0 Å². The molecule has 0 radical (unpaired) electrons. The number of aromatic hydroxyl groups is 1. The van der Waals surface area contributed by atoms with Crippen LogP contribution in [0.3, 0.4) is 0 Å². The van der Waals surface area contributed by atoms with Crippen LogP contribution in [0.25, 0.3) is 0 Å². The lowest BCUT2D eigenvalue weighted by molar-refractivity contribution is -0.928. The number of halogens is 1.